The zero-order chi connectivity index (χ0) is 22.6. The Morgan fingerprint density at radius 2 is 1.39 bits per heavy atom. The molecule has 1 aliphatic heterocycles. The van der Waals surface area contributed by atoms with E-state index in [4.69, 9.17) is 8.92 Å². The Labute approximate surface area is 196 Å². The first kappa shape index (κ1) is 21.0. The minimum atomic E-state index is -3.52. The van der Waals surface area contributed by atoms with Crippen molar-refractivity contribution in [2.45, 2.75) is 45.0 Å². The molecule has 2 saturated carbocycles. The van der Waals surface area contributed by atoms with Crippen LogP contribution in [0.3, 0.4) is 0 Å². The van der Waals surface area contributed by atoms with Crippen LogP contribution < -0.4 is 0 Å². The molecule has 5 atom stereocenters. The zero-order valence-corrected chi connectivity index (χ0v) is 19.4. The molecule has 6 rings (SSSR count). The van der Waals surface area contributed by atoms with Crippen LogP contribution in [0.1, 0.15) is 23.2 Å². The molecule has 0 N–H and O–H groups in total. The van der Waals surface area contributed by atoms with Crippen LogP contribution in [-0.4, -0.2) is 31.8 Å². The van der Waals surface area contributed by atoms with Gasteiger partial charge in [0.2, 0.25) is 0 Å². The quantitative estimate of drug-likeness (QED) is 0.307. The summed E-state index contributed by atoms with van der Waals surface area (Å²) in [6.45, 7) is 0. The van der Waals surface area contributed by atoms with Crippen molar-refractivity contribution in [1.82, 2.24) is 0 Å². The number of hydrogen-bond acceptors (Lipinski definition) is 5. The number of benzene rings is 3. The molecular formula is C26H23O5S2+. The molecule has 0 spiro atoms. The van der Waals surface area contributed by atoms with Crippen molar-refractivity contribution in [2.24, 2.45) is 11.8 Å². The van der Waals surface area contributed by atoms with Crippen molar-refractivity contribution in [3.05, 3.63) is 90.5 Å². The monoisotopic (exact) mass is 479 g/mol. The molecular weight excluding hydrogens is 456 g/mol. The fraction of sp³-hybridized carbons (Fsp3) is 0.269. The van der Waals surface area contributed by atoms with Gasteiger partial charge in [-0.15, -0.1) is 0 Å². The maximum atomic E-state index is 12.9. The molecule has 168 valence electrons. The van der Waals surface area contributed by atoms with Crippen molar-refractivity contribution in [2.75, 3.05) is 0 Å². The normalized spacial score (nSPS) is 28.8. The van der Waals surface area contributed by atoms with Gasteiger partial charge in [-0.2, -0.15) is 8.42 Å². The molecule has 5 unspecified atom stereocenters. The fourth-order valence-electron chi connectivity index (χ4n) is 5.48. The Bertz CT molecular complexity index is 1240. The van der Waals surface area contributed by atoms with E-state index in [-0.39, 0.29) is 22.7 Å². The van der Waals surface area contributed by atoms with E-state index in [9.17, 15) is 13.2 Å². The minimum Gasteiger partial charge on any atom is -0.456 e. The van der Waals surface area contributed by atoms with E-state index in [1.807, 2.05) is 48.5 Å². The van der Waals surface area contributed by atoms with Crippen LogP contribution in [-0.2, 0) is 29.9 Å². The number of rotatable bonds is 5. The zero-order valence-electron chi connectivity index (χ0n) is 17.7. The Kier molecular flexibility index (Phi) is 5.09. The summed E-state index contributed by atoms with van der Waals surface area (Å²) < 4.78 is 35.4. The van der Waals surface area contributed by atoms with Crippen LogP contribution in [0.5, 0.6) is 0 Å². The van der Waals surface area contributed by atoms with Crippen LogP contribution in [0, 0.1) is 11.8 Å². The summed E-state index contributed by atoms with van der Waals surface area (Å²) in [6, 6.07) is 28.2. The van der Waals surface area contributed by atoms with Crippen LogP contribution in [0.15, 0.2) is 99.6 Å². The number of esters is 1. The van der Waals surface area contributed by atoms with E-state index in [0.717, 1.165) is 11.3 Å². The number of hydrogen-bond donors (Lipinski definition) is 0. The SMILES string of the molecule is O=C(OC1C2CC3C1OS(=O)(=O)C3C2)c1ccc([S+](c2ccccc2)c2ccccc2)cc1. The van der Waals surface area contributed by atoms with E-state index in [1.165, 1.54) is 9.79 Å². The summed E-state index contributed by atoms with van der Waals surface area (Å²) in [4.78, 5) is 16.4. The van der Waals surface area contributed by atoms with E-state index in [2.05, 4.69) is 24.3 Å². The second-order valence-electron chi connectivity index (χ2n) is 8.81. The lowest BCUT2D eigenvalue weighted by atomic mass is 9.94. The first-order valence-corrected chi connectivity index (χ1v) is 13.8. The molecule has 3 aromatic carbocycles. The minimum absolute atomic E-state index is 0.0427. The summed E-state index contributed by atoms with van der Waals surface area (Å²) in [5.41, 5.74) is 0.462. The van der Waals surface area contributed by atoms with Gasteiger partial charge in [0.05, 0.1) is 21.7 Å². The molecule has 33 heavy (non-hydrogen) atoms. The summed E-state index contributed by atoms with van der Waals surface area (Å²) >= 11 is 0. The topological polar surface area (TPSA) is 69.7 Å². The highest BCUT2D eigenvalue weighted by Crippen LogP contribution is 2.55. The summed E-state index contributed by atoms with van der Waals surface area (Å²) in [6.07, 6.45) is 0.266. The van der Waals surface area contributed by atoms with Crippen LogP contribution in [0.25, 0.3) is 0 Å². The van der Waals surface area contributed by atoms with E-state index >= 15 is 0 Å². The van der Waals surface area contributed by atoms with Gasteiger partial charge in [0.15, 0.2) is 14.7 Å². The van der Waals surface area contributed by atoms with E-state index in [1.54, 1.807) is 12.1 Å². The van der Waals surface area contributed by atoms with Gasteiger partial charge in [-0.1, -0.05) is 36.4 Å². The van der Waals surface area contributed by atoms with E-state index in [0.29, 0.717) is 12.0 Å². The third-order valence-electron chi connectivity index (χ3n) is 6.94. The Morgan fingerprint density at radius 3 is 2.00 bits per heavy atom. The number of fused-ring (bicyclic) bond motifs is 1. The van der Waals surface area contributed by atoms with Crippen molar-refractivity contribution in [3.8, 4) is 0 Å². The standard InChI is InChI=1S/C26H23O5S2/c27-26(30-24-18-15-22-23(16-18)33(28,29)31-25(22)24)17-11-13-21(14-12-17)32(19-7-3-1-4-8-19)20-9-5-2-6-10-20/h1-14,18,22-25H,15-16H2/q+1. The Balaban J connectivity index is 1.23. The molecule has 0 aromatic heterocycles. The number of carbonyl (C=O) groups excluding carboxylic acids is 1. The highest BCUT2D eigenvalue weighted by atomic mass is 32.2. The Hall–Kier alpha value is -2.61. The maximum Gasteiger partial charge on any atom is 0.338 e. The average molecular weight is 480 g/mol. The fourth-order valence-corrected chi connectivity index (χ4v) is 9.45. The molecule has 2 bridgehead atoms. The van der Waals surface area contributed by atoms with Gasteiger partial charge < -0.3 is 4.74 Å². The molecule has 5 nitrogen and oxygen atoms in total. The molecule has 1 heterocycles. The highest BCUT2D eigenvalue weighted by Gasteiger charge is 2.65. The summed E-state index contributed by atoms with van der Waals surface area (Å²) in [5, 5.41) is -0.421. The van der Waals surface area contributed by atoms with Gasteiger partial charge in [0, 0.05) is 11.8 Å². The van der Waals surface area contributed by atoms with Gasteiger partial charge in [-0.3, -0.25) is 4.18 Å². The molecule has 0 amide bonds. The van der Waals surface area contributed by atoms with Gasteiger partial charge in [0.25, 0.3) is 10.1 Å². The van der Waals surface area contributed by atoms with Crippen molar-refractivity contribution >= 4 is 27.0 Å². The molecule has 0 radical (unpaired) electrons. The van der Waals surface area contributed by atoms with Gasteiger partial charge in [-0.05, 0) is 61.4 Å². The van der Waals surface area contributed by atoms with Crippen LogP contribution in [0.4, 0.5) is 0 Å². The van der Waals surface area contributed by atoms with Crippen LogP contribution >= 0.6 is 0 Å². The molecule has 7 heteroatoms. The third kappa shape index (κ3) is 3.59. The lowest BCUT2D eigenvalue weighted by molar-refractivity contribution is -0.0175. The third-order valence-corrected chi connectivity index (χ3v) is 10.9. The molecule has 3 aromatic rings. The Morgan fingerprint density at radius 1 is 0.818 bits per heavy atom. The predicted octanol–water partition coefficient (Wildman–Crippen LogP) is 4.44. The first-order chi connectivity index (χ1) is 16.0. The molecule has 1 saturated heterocycles. The summed E-state index contributed by atoms with van der Waals surface area (Å²) in [5.74, 6) is -0.408. The van der Waals surface area contributed by atoms with Gasteiger partial charge >= 0.3 is 5.97 Å². The highest BCUT2D eigenvalue weighted by molar-refractivity contribution is 7.97. The van der Waals surface area contributed by atoms with E-state index < -0.39 is 33.5 Å². The smallest absolute Gasteiger partial charge is 0.338 e. The lowest BCUT2D eigenvalue weighted by Gasteiger charge is -2.24. The number of carbonyl (C=O) groups is 1. The second-order valence-corrected chi connectivity index (χ2v) is 12.6. The second kappa shape index (κ2) is 8.01. The van der Waals surface area contributed by atoms with Crippen molar-refractivity contribution in [3.63, 3.8) is 0 Å². The number of ether oxygens (including phenoxy) is 1. The average Bonchev–Trinajstić information content (AvgIpc) is 3.46. The van der Waals surface area contributed by atoms with Crippen molar-refractivity contribution in [1.29, 1.82) is 0 Å². The van der Waals surface area contributed by atoms with Gasteiger partial charge in [-0.25, -0.2) is 4.79 Å². The largest absolute Gasteiger partial charge is 0.456 e. The predicted molar refractivity (Wildman–Crippen MR) is 124 cm³/mol. The molecule has 3 aliphatic rings. The maximum absolute atomic E-state index is 12.9. The van der Waals surface area contributed by atoms with Crippen molar-refractivity contribution < 1.29 is 22.1 Å². The summed E-state index contributed by atoms with van der Waals surface area (Å²) in [7, 11) is -3.81. The van der Waals surface area contributed by atoms with Gasteiger partial charge in [0.1, 0.15) is 12.2 Å². The molecule has 3 fully saturated rings. The lowest BCUT2D eigenvalue weighted by Crippen LogP contribution is -2.37. The molecule has 2 aliphatic carbocycles. The van der Waals surface area contributed by atoms with Crippen LogP contribution in [0.2, 0.25) is 0 Å². The first-order valence-electron chi connectivity index (χ1n) is 11.1.